The number of amides is 1. The molecule has 0 saturated carbocycles. The summed E-state index contributed by atoms with van der Waals surface area (Å²) in [6.07, 6.45) is 0.772. The lowest BCUT2D eigenvalue weighted by atomic mass is 10.2. The second kappa shape index (κ2) is 8.88. The summed E-state index contributed by atoms with van der Waals surface area (Å²) < 4.78 is 5.11. The van der Waals surface area contributed by atoms with E-state index in [1.165, 1.54) is 36.0 Å². The predicted octanol–water partition coefficient (Wildman–Crippen LogP) is 3.21. The van der Waals surface area contributed by atoms with Crippen molar-refractivity contribution in [3.63, 3.8) is 0 Å². The molecule has 1 N–H and O–H groups in total. The smallest absolute Gasteiger partial charge is 0.408 e. The summed E-state index contributed by atoms with van der Waals surface area (Å²) in [7, 11) is 2.27. The summed E-state index contributed by atoms with van der Waals surface area (Å²) in [4.78, 5) is 37.8. The van der Waals surface area contributed by atoms with E-state index in [0.717, 1.165) is 10.8 Å². The lowest BCUT2D eigenvalue weighted by molar-refractivity contribution is -0.388. The molecule has 1 atom stereocenters. The first-order valence-corrected chi connectivity index (χ1v) is 9.31. The number of aromatic nitrogens is 1. The van der Waals surface area contributed by atoms with Crippen LogP contribution in [0.1, 0.15) is 27.7 Å². The summed E-state index contributed by atoms with van der Waals surface area (Å²) in [5, 5.41) is 13.7. The van der Waals surface area contributed by atoms with Gasteiger partial charge in [0.25, 0.3) is 0 Å². The van der Waals surface area contributed by atoms with Crippen molar-refractivity contribution in [2.75, 3.05) is 5.75 Å². The Labute approximate surface area is 147 Å². The van der Waals surface area contributed by atoms with Gasteiger partial charge in [-0.25, -0.2) is 9.78 Å². The molecule has 1 unspecified atom stereocenters. The number of nitro groups is 1. The number of nitrogens with one attached hydrogen (secondary N) is 1. The maximum Gasteiger partial charge on any atom is 0.408 e. The second-order valence-electron chi connectivity index (χ2n) is 5.76. The number of hydrogen-bond acceptors (Lipinski definition) is 8. The summed E-state index contributed by atoms with van der Waals surface area (Å²) in [6, 6.07) is 2.09. The van der Waals surface area contributed by atoms with Crippen LogP contribution in [0.3, 0.4) is 0 Å². The molecule has 24 heavy (non-hydrogen) atoms. The van der Waals surface area contributed by atoms with Crippen molar-refractivity contribution < 1.29 is 19.2 Å². The topological polar surface area (TPSA) is 111 Å². The van der Waals surface area contributed by atoms with Crippen molar-refractivity contribution in [2.24, 2.45) is 0 Å². The molecule has 0 aromatic carbocycles. The van der Waals surface area contributed by atoms with E-state index in [4.69, 9.17) is 4.74 Å². The molecule has 1 heterocycles. The number of rotatable bonds is 7. The minimum absolute atomic E-state index is 0.102. The molecule has 10 heteroatoms. The number of Topliss-reactive ketones (excluding diaryl/α,β-unsaturated/α-hetero) is 1. The monoisotopic (exact) mass is 373 g/mol. The lowest BCUT2D eigenvalue weighted by Gasteiger charge is -2.22. The Hall–Kier alpha value is -1.81. The average molecular weight is 373 g/mol. The molecule has 0 aliphatic carbocycles. The molecular weight excluding hydrogens is 354 g/mol. The first-order chi connectivity index (χ1) is 11.1. The fourth-order valence-electron chi connectivity index (χ4n) is 1.45. The van der Waals surface area contributed by atoms with E-state index in [-0.39, 0.29) is 22.2 Å². The largest absolute Gasteiger partial charge is 0.444 e. The first-order valence-electron chi connectivity index (χ1n) is 6.99. The molecule has 0 fully saturated rings. The molecule has 0 aliphatic rings. The van der Waals surface area contributed by atoms with Crippen molar-refractivity contribution in [2.45, 2.75) is 44.4 Å². The van der Waals surface area contributed by atoms with Crippen LogP contribution in [0.5, 0.6) is 0 Å². The Morgan fingerprint density at radius 3 is 2.67 bits per heavy atom. The van der Waals surface area contributed by atoms with E-state index in [1.807, 2.05) is 0 Å². The molecular formula is C14H19N3O5S2. The molecule has 1 rings (SSSR count). The normalized spacial score (nSPS) is 12.3. The molecule has 0 radical (unpaired) electrons. The number of pyridine rings is 1. The number of nitrogens with zero attached hydrogens (tertiary/aromatic N) is 2. The summed E-state index contributed by atoms with van der Waals surface area (Å²) in [5.41, 5.74) is -0.767. The zero-order valence-corrected chi connectivity index (χ0v) is 15.4. The van der Waals surface area contributed by atoms with Crippen LogP contribution < -0.4 is 5.32 Å². The van der Waals surface area contributed by atoms with Crippen molar-refractivity contribution in [3.8, 4) is 0 Å². The fraction of sp³-hybridized carbons (Fsp3) is 0.500. The fourth-order valence-corrected chi connectivity index (χ4v) is 3.75. The van der Waals surface area contributed by atoms with E-state index in [9.17, 15) is 19.7 Å². The third-order valence-corrected chi connectivity index (χ3v) is 4.80. The number of ketones is 1. The van der Waals surface area contributed by atoms with E-state index in [2.05, 4.69) is 10.3 Å². The van der Waals surface area contributed by atoms with Crippen LogP contribution >= 0.6 is 21.6 Å². The highest BCUT2D eigenvalue weighted by atomic mass is 33.1. The summed E-state index contributed by atoms with van der Waals surface area (Å²) >= 11 is 0. The van der Waals surface area contributed by atoms with E-state index >= 15 is 0 Å². The van der Waals surface area contributed by atoms with Gasteiger partial charge in [0, 0.05) is 18.0 Å². The van der Waals surface area contributed by atoms with Gasteiger partial charge in [0.15, 0.2) is 10.8 Å². The van der Waals surface area contributed by atoms with Gasteiger partial charge in [0.2, 0.25) is 0 Å². The predicted molar refractivity (Wildman–Crippen MR) is 93.0 cm³/mol. The van der Waals surface area contributed by atoms with Gasteiger partial charge in [-0.05, 0) is 44.6 Å². The second-order valence-corrected chi connectivity index (χ2v) is 8.09. The number of carbonyl (C=O) groups is 2. The number of alkyl carbamates (subject to hydrolysis) is 1. The zero-order chi connectivity index (χ0) is 18.3. The average Bonchev–Trinajstić information content (AvgIpc) is 2.44. The molecule has 1 amide bonds. The molecule has 0 spiro atoms. The van der Waals surface area contributed by atoms with Crippen LogP contribution in [0.15, 0.2) is 23.4 Å². The molecule has 1 aromatic heterocycles. The maximum atomic E-state index is 11.7. The van der Waals surface area contributed by atoms with Crippen molar-refractivity contribution in [3.05, 3.63) is 28.4 Å². The first kappa shape index (κ1) is 20.2. The molecule has 1 aromatic rings. The highest BCUT2D eigenvalue weighted by Gasteiger charge is 2.23. The third-order valence-electron chi connectivity index (χ3n) is 2.50. The lowest BCUT2D eigenvalue weighted by Crippen LogP contribution is -2.44. The molecule has 0 bridgehead atoms. The Morgan fingerprint density at radius 2 is 2.12 bits per heavy atom. The van der Waals surface area contributed by atoms with Gasteiger partial charge < -0.3 is 10.1 Å². The minimum Gasteiger partial charge on any atom is -0.444 e. The number of ether oxygens (including phenoxy) is 1. The van der Waals surface area contributed by atoms with E-state index in [0.29, 0.717) is 0 Å². The summed E-state index contributed by atoms with van der Waals surface area (Å²) in [5.74, 6) is -0.00282. The van der Waals surface area contributed by atoms with Crippen molar-refractivity contribution in [1.82, 2.24) is 10.3 Å². The van der Waals surface area contributed by atoms with Crippen molar-refractivity contribution >= 4 is 39.2 Å². The highest BCUT2D eigenvalue weighted by molar-refractivity contribution is 8.76. The zero-order valence-electron chi connectivity index (χ0n) is 13.8. The van der Waals surface area contributed by atoms with Gasteiger partial charge in [-0.1, -0.05) is 10.8 Å². The van der Waals surface area contributed by atoms with Crippen LogP contribution in [-0.4, -0.2) is 39.2 Å². The Morgan fingerprint density at radius 1 is 1.46 bits per heavy atom. The molecule has 0 aliphatic heterocycles. The van der Waals surface area contributed by atoms with Crippen molar-refractivity contribution in [1.29, 1.82) is 0 Å². The van der Waals surface area contributed by atoms with Gasteiger partial charge in [-0.2, -0.15) is 0 Å². The van der Waals surface area contributed by atoms with Gasteiger partial charge in [0.1, 0.15) is 11.6 Å². The van der Waals surface area contributed by atoms with Crippen LogP contribution in [0.4, 0.5) is 10.5 Å². The summed E-state index contributed by atoms with van der Waals surface area (Å²) in [6.45, 7) is 6.52. The SMILES string of the molecule is CC(=O)C(CSSc1ncccc1[N+](=O)[O-])NC(=O)OC(C)(C)C. The van der Waals surface area contributed by atoms with E-state index < -0.39 is 22.7 Å². The third kappa shape index (κ3) is 7.18. The Kier molecular flexibility index (Phi) is 7.49. The number of hydrogen-bond donors (Lipinski definition) is 1. The van der Waals surface area contributed by atoms with Crippen LogP contribution in [0.25, 0.3) is 0 Å². The Balaban J connectivity index is 2.61. The van der Waals surface area contributed by atoms with Gasteiger partial charge in [0.05, 0.1) is 4.92 Å². The van der Waals surface area contributed by atoms with Crippen LogP contribution in [0, 0.1) is 10.1 Å². The minimum atomic E-state index is -0.750. The van der Waals surface area contributed by atoms with Gasteiger partial charge in [-0.3, -0.25) is 14.9 Å². The van der Waals surface area contributed by atoms with Gasteiger partial charge >= 0.3 is 11.8 Å². The standard InChI is InChI=1S/C14H19N3O5S2/c1-9(18)10(16-13(19)22-14(2,3)4)8-23-24-12-11(17(20)21)6-5-7-15-12/h5-7,10H,8H2,1-4H3,(H,16,19). The van der Waals surface area contributed by atoms with Crippen LogP contribution in [0.2, 0.25) is 0 Å². The van der Waals surface area contributed by atoms with Gasteiger partial charge in [-0.15, -0.1) is 0 Å². The molecule has 132 valence electrons. The van der Waals surface area contributed by atoms with E-state index in [1.54, 1.807) is 20.8 Å². The number of carbonyl (C=O) groups excluding carboxylic acids is 2. The highest BCUT2D eigenvalue weighted by Crippen LogP contribution is 2.35. The molecule has 0 saturated heterocycles. The molecule has 8 nitrogen and oxygen atoms in total. The quantitative estimate of drug-likeness (QED) is 0.440. The maximum absolute atomic E-state index is 11.7. The van der Waals surface area contributed by atoms with Crippen LogP contribution in [-0.2, 0) is 9.53 Å². The Bertz CT molecular complexity index is 619.